The molecule has 0 aliphatic rings. The van der Waals surface area contributed by atoms with E-state index in [0.29, 0.717) is 27.7 Å². The Morgan fingerprint density at radius 1 is 1.16 bits per heavy atom. The number of amides is 2. The fraction of sp³-hybridized carbons (Fsp3) is 0.150. The number of carbonyl (C=O) groups is 2. The van der Waals surface area contributed by atoms with Gasteiger partial charge in [0.25, 0.3) is 11.8 Å². The van der Waals surface area contributed by atoms with Gasteiger partial charge in [0.1, 0.15) is 10.3 Å². The summed E-state index contributed by atoms with van der Waals surface area (Å²) in [5.74, 6) is -0.520. The number of nitrogens with one attached hydrogen (secondary N) is 2. The zero-order valence-electron chi connectivity index (χ0n) is 16.3. The molecule has 4 heterocycles. The SMILES string of the molecule is CCCNC(=O)c1c(NC(=O)c2cc(Br)nn2-c2ncccc2Cl)ccc2ccnn12. The summed E-state index contributed by atoms with van der Waals surface area (Å²) in [5, 5.41) is 14.5. The molecular formula is C20H17BrClN7O2. The lowest BCUT2D eigenvalue weighted by molar-refractivity contribution is 0.0947. The molecule has 31 heavy (non-hydrogen) atoms. The zero-order valence-corrected chi connectivity index (χ0v) is 18.7. The van der Waals surface area contributed by atoms with Gasteiger partial charge >= 0.3 is 0 Å². The lowest BCUT2D eigenvalue weighted by Gasteiger charge is -2.13. The van der Waals surface area contributed by atoms with E-state index in [2.05, 4.69) is 41.7 Å². The van der Waals surface area contributed by atoms with E-state index < -0.39 is 5.91 Å². The highest BCUT2D eigenvalue weighted by molar-refractivity contribution is 9.10. The largest absolute Gasteiger partial charge is 0.351 e. The summed E-state index contributed by atoms with van der Waals surface area (Å²) in [6, 6.07) is 10.1. The molecule has 0 aliphatic heterocycles. The highest BCUT2D eigenvalue weighted by atomic mass is 79.9. The first-order chi connectivity index (χ1) is 15.0. The van der Waals surface area contributed by atoms with Gasteiger partial charge in [-0.25, -0.2) is 14.2 Å². The molecule has 0 radical (unpaired) electrons. The fourth-order valence-electron chi connectivity index (χ4n) is 3.02. The molecule has 11 heteroatoms. The van der Waals surface area contributed by atoms with E-state index in [1.54, 1.807) is 48.8 Å². The molecule has 0 spiro atoms. The molecule has 2 amide bonds. The summed E-state index contributed by atoms with van der Waals surface area (Å²) in [6.07, 6.45) is 3.92. The second-order valence-electron chi connectivity index (χ2n) is 6.55. The minimum Gasteiger partial charge on any atom is -0.351 e. The van der Waals surface area contributed by atoms with Crippen LogP contribution in [0, 0.1) is 0 Å². The number of carbonyl (C=O) groups excluding carboxylic acids is 2. The van der Waals surface area contributed by atoms with Gasteiger partial charge < -0.3 is 10.6 Å². The number of halogens is 2. The Morgan fingerprint density at radius 3 is 2.77 bits per heavy atom. The number of anilines is 1. The first-order valence-electron chi connectivity index (χ1n) is 9.42. The van der Waals surface area contributed by atoms with Crippen LogP contribution in [0.5, 0.6) is 0 Å². The average molecular weight is 503 g/mol. The molecule has 4 rings (SSSR count). The maximum absolute atomic E-state index is 13.2. The van der Waals surface area contributed by atoms with Gasteiger partial charge in [-0.2, -0.15) is 10.2 Å². The first-order valence-corrected chi connectivity index (χ1v) is 10.6. The molecular weight excluding hydrogens is 486 g/mol. The second kappa shape index (κ2) is 8.86. The molecule has 158 valence electrons. The minimum absolute atomic E-state index is 0.188. The molecule has 0 aliphatic carbocycles. The number of nitrogens with zero attached hydrogens (tertiary/aromatic N) is 5. The van der Waals surface area contributed by atoms with E-state index in [0.717, 1.165) is 11.9 Å². The van der Waals surface area contributed by atoms with Crippen molar-refractivity contribution >= 4 is 50.5 Å². The smallest absolute Gasteiger partial charge is 0.274 e. The van der Waals surface area contributed by atoms with Crippen LogP contribution < -0.4 is 10.6 Å². The monoisotopic (exact) mass is 501 g/mol. The molecule has 4 aromatic heterocycles. The van der Waals surface area contributed by atoms with Crippen molar-refractivity contribution in [3.8, 4) is 5.82 Å². The van der Waals surface area contributed by atoms with Crippen LogP contribution in [-0.4, -0.2) is 42.7 Å². The van der Waals surface area contributed by atoms with E-state index in [1.807, 2.05) is 6.92 Å². The molecule has 9 nitrogen and oxygen atoms in total. The van der Waals surface area contributed by atoms with Crippen LogP contribution in [-0.2, 0) is 0 Å². The number of pyridine rings is 2. The van der Waals surface area contributed by atoms with Crippen LogP contribution in [0.3, 0.4) is 0 Å². The third-order valence-electron chi connectivity index (χ3n) is 4.41. The summed E-state index contributed by atoms with van der Waals surface area (Å²) in [4.78, 5) is 30.2. The van der Waals surface area contributed by atoms with Gasteiger partial charge in [-0.3, -0.25) is 9.59 Å². The lowest BCUT2D eigenvalue weighted by atomic mass is 10.2. The summed E-state index contributed by atoms with van der Waals surface area (Å²) in [6.45, 7) is 2.46. The molecule has 0 bridgehead atoms. The summed E-state index contributed by atoms with van der Waals surface area (Å²) < 4.78 is 3.26. The number of aromatic nitrogens is 5. The molecule has 0 fully saturated rings. The molecule has 4 aromatic rings. The van der Waals surface area contributed by atoms with E-state index in [1.165, 1.54) is 9.20 Å². The number of fused-ring (bicyclic) bond motifs is 1. The standard InChI is InChI=1S/C20H17BrClN7O2/c1-2-8-24-20(31)17-14(6-5-12-7-10-25-28(12)17)26-19(30)15-11-16(21)27-29(15)18-13(22)4-3-9-23-18/h3-7,9-11H,2,8H2,1H3,(H,24,31)(H,26,30). The minimum atomic E-state index is -0.490. The summed E-state index contributed by atoms with van der Waals surface area (Å²) in [7, 11) is 0. The van der Waals surface area contributed by atoms with Crippen LogP contribution in [0.15, 0.2) is 53.4 Å². The van der Waals surface area contributed by atoms with Gasteiger partial charge in [0.15, 0.2) is 11.5 Å². The van der Waals surface area contributed by atoms with E-state index in [-0.39, 0.29) is 17.3 Å². The van der Waals surface area contributed by atoms with Crippen LogP contribution in [0.2, 0.25) is 5.02 Å². The van der Waals surface area contributed by atoms with Crippen LogP contribution >= 0.6 is 27.5 Å². The highest BCUT2D eigenvalue weighted by Gasteiger charge is 2.22. The van der Waals surface area contributed by atoms with Crippen LogP contribution in [0.25, 0.3) is 11.3 Å². The number of hydrogen-bond acceptors (Lipinski definition) is 5. The first kappa shape index (κ1) is 21.0. The topological polar surface area (TPSA) is 106 Å². The quantitative estimate of drug-likeness (QED) is 0.418. The summed E-state index contributed by atoms with van der Waals surface area (Å²) >= 11 is 9.53. The van der Waals surface area contributed by atoms with Crippen LogP contribution in [0.4, 0.5) is 5.69 Å². The average Bonchev–Trinajstić information content (AvgIpc) is 3.38. The van der Waals surface area contributed by atoms with Gasteiger partial charge in [-0.1, -0.05) is 18.5 Å². The van der Waals surface area contributed by atoms with Crippen molar-refractivity contribution < 1.29 is 9.59 Å². The number of hydrogen-bond donors (Lipinski definition) is 2. The van der Waals surface area contributed by atoms with Crippen molar-refractivity contribution in [2.45, 2.75) is 13.3 Å². The predicted octanol–water partition coefficient (Wildman–Crippen LogP) is 3.72. The third kappa shape index (κ3) is 4.17. The Morgan fingerprint density at radius 2 is 2.00 bits per heavy atom. The number of rotatable bonds is 6. The van der Waals surface area contributed by atoms with E-state index in [4.69, 9.17) is 11.6 Å². The van der Waals surface area contributed by atoms with Crippen molar-refractivity contribution in [3.05, 3.63) is 69.8 Å². The van der Waals surface area contributed by atoms with Gasteiger partial charge in [-0.15, -0.1) is 0 Å². The van der Waals surface area contributed by atoms with Gasteiger partial charge in [-0.05, 0) is 52.7 Å². The Bertz CT molecular complexity index is 1280. The molecule has 0 aromatic carbocycles. The van der Waals surface area contributed by atoms with Crippen molar-refractivity contribution in [2.75, 3.05) is 11.9 Å². The molecule has 0 saturated carbocycles. The molecule has 0 saturated heterocycles. The zero-order chi connectivity index (χ0) is 22.0. The van der Waals surface area contributed by atoms with Crippen molar-refractivity contribution in [1.82, 2.24) is 29.7 Å². The molecule has 2 N–H and O–H groups in total. The van der Waals surface area contributed by atoms with Gasteiger partial charge in [0.2, 0.25) is 0 Å². The molecule has 0 unspecified atom stereocenters. The summed E-state index contributed by atoms with van der Waals surface area (Å²) in [5.41, 5.74) is 1.46. The van der Waals surface area contributed by atoms with Crippen LogP contribution in [0.1, 0.15) is 34.3 Å². The molecule has 0 atom stereocenters. The Balaban J connectivity index is 1.73. The maximum atomic E-state index is 13.2. The Kier molecular flexibility index (Phi) is 6.01. The Labute approximate surface area is 190 Å². The van der Waals surface area contributed by atoms with Crippen molar-refractivity contribution in [2.24, 2.45) is 0 Å². The maximum Gasteiger partial charge on any atom is 0.274 e. The van der Waals surface area contributed by atoms with E-state index >= 15 is 0 Å². The predicted molar refractivity (Wildman–Crippen MR) is 120 cm³/mol. The lowest BCUT2D eigenvalue weighted by Crippen LogP contribution is -2.28. The normalized spacial score (nSPS) is 10.9. The van der Waals surface area contributed by atoms with Gasteiger partial charge in [0.05, 0.1) is 22.4 Å². The van der Waals surface area contributed by atoms with Crippen molar-refractivity contribution in [1.29, 1.82) is 0 Å². The second-order valence-corrected chi connectivity index (χ2v) is 7.77. The highest BCUT2D eigenvalue weighted by Crippen LogP contribution is 2.23. The Hall–Kier alpha value is -3.24. The third-order valence-corrected chi connectivity index (χ3v) is 5.09. The van der Waals surface area contributed by atoms with Crippen molar-refractivity contribution in [3.63, 3.8) is 0 Å². The van der Waals surface area contributed by atoms with E-state index in [9.17, 15) is 9.59 Å². The van der Waals surface area contributed by atoms with Gasteiger partial charge in [0, 0.05) is 18.8 Å². The fourth-order valence-corrected chi connectivity index (χ4v) is 3.60.